The first-order chi connectivity index (χ1) is 16.6. The van der Waals surface area contributed by atoms with Crippen LogP contribution in [0.3, 0.4) is 0 Å². The summed E-state index contributed by atoms with van der Waals surface area (Å²) in [4.78, 5) is 35.6. The highest BCUT2D eigenvalue weighted by Crippen LogP contribution is 2.21. The summed E-state index contributed by atoms with van der Waals surface area (Å²) in [5.41, 5.74) is 3.90. The number of hydrogen-bond donors (Lipinski definition) is 0. The fraction of sp³-hybridized carbons (Fsp3) is 0.320. The van der Waals surface area contributed by atoms with E-state index in [1.54, 1.807) is 23.0 Å². The largest absolute Gasteiger partial charge is 0.489 e. The Kier molecular flexibility index (Phi) is 6.80. The molecule has 2 amide bonds. The number of hydrogen-bond acceptors (Lipinski definition) is 6. The molecule has 0 radical (unpaired) electrons. The Bertz CT molecular complexity index is 1120. The lowest BCUT2D eigenvalue weighted by atomic mass is 10.0. The van der Waals surface area contributed by atoms with Crippen LogP contribution in [0.1, 0.15) is 26.4 Å². The standard InChI is InChI=1S/C25H25ClN4O3S/c26-20-5-7-22(8-6-20)33-15-18-1-3-19(4-2-18)24(31)30-13-21(14-30)28-9-11-29(12-10-28)25(32)23-16-34-17-27-23/h1-8,16-17,21H,9-15H2. The van der Waals surface area contributed by atoms with E-state index in [2.05, 4.69) is 9.88 Å². The van der Waals surface area contributed by atoms with Crippen LogP contribution in [0.25, 0.3) is 0 Å². The Morgan fingerprint density at radius 3 is 2.29 bits per heavy atom. The van der Waals surface area contributed by atoms with E-state index in [1.165, 1.54) is 11.3 Å². The maximum absolute atomic E-state index is 12.9. The van der Waals surface area contributed by atoms with Crippen molar-refractivity contribution in [3.8, 4) is 5.75 Å². The van der Waals surface area contributed by atoms with Crippen molar-refractivity contribution in [2.24, 2.45) is 0 Å². The predicted molar refractivity (Wildman–Crippen MR) is 132 cm³/mol. The minimum Gasteiger partial charge on any atom is -0.489 e. The SMILES string of the molecule is O=C(c1ccc(COc2ccc(Cl)cc2)cc1)N1CC(N2CCN(C(=O)c3cscn3)CC2)C1. The second-order valence-electron chi connectivity index (χ2n) is 8.51. The Hall–Kier alpha value is -2.94. The van der Waals surface area contributed by atoms with Crippen LogP contribution in [0.15, 0.2) is 59.4 Å². The van der Waals surface area contributed by atoms with Gasteiger partial charge >= 0.3 is 0 Å². The maximum atomic E-state index is 12.9. The number of ether oxygens (including phenoxy) is 1. The summed E-state index contributed by atoms with van der Waals surface area (Å²) in [6, 6.07) is 15.2. The zero-order chi connectivity index (χ0) is 23.5. The molecule has 0 aliphatic carbocycles. The number of likely N-dealkylation sites (tertiary alicyclic amines) is 1. The Balaban J connectivity index is 1.06. The molecule has 176 valence electrons. The highest BCUT2D eigenvalue weighted by atomic mass is 35.5. The Labute approximate surface area is 207 Å². The third kappa shape index (κ3) is 5.09. The summed E-state index contributed by atoms with van der Waals surface area (Å²) in [5.74, 6) is 0.816. The van der Waals surface area contributed by atoms with Gasteiger partial charge in [0.25, 0.3) is 11.8 Å². The van der Waals surface area contributed by atoms with Crippen molar-refractivity contribution < 1.29 is 14.3 Å². The van der Waals surface area contributed by atoms with Crippen LogP contribution in [0.2, 0.25) is 5.02 Å². The van der Waals surface area contributed by atoms with Crippen LogP contribution in [0, 0.1) is 0 Å². The molecular formula is C25H25ClN4O3S. The number of amides is 2. The number of halogens is 1. The van der Waals surface area contributed by atoms with Gasteiger partial charge in [0.05, 0.1) is 5.51 Å². The molecule has 5 rings (SSSR count). The Morgan fingerprint density at radius 1 is 0.941 bits per heavy atom. The van der Waals surface area contributed by atoms with Crippen molar-refractivity contribution in [3.63, 3.8) is 0 Å². The smallest absolute Gasteiger partial charge is 0.273 e. The average molecular weight is 497 g/mol. The van der Waals surface area contributed by atoms with Crippen molar-refractivity contribution in [1.29, 1.82) is 0 Å². The number of aromatic nitrogens is 1. The summed E-state index contributed by atoms with van der Waals surface area (Å²) in [5, 5.41) is 2.47. The number of thiazole rings is 1. The second-order valence-corrected chi connectivity index (χ2v) is 9.66. The van der Waals surface area contributed by atoms with E-state index in [4.69, 9.17) is 16.3 Å². The van der Waals surface area contributed by atoms with E-state index in [0.29, 0.717) is 42.0 Å². The number of carbonyl (C=O) groups excluding carboxylic acids is 2. The highest BCUT2D eigenvalue weighted by molar-refractivity contribution is 7.07. The molecule has 34 heavy (non-hydrogen) atoms. The summed E-state index contributed by atoms with van der Waals surface area (Å²) in [7, 11) is 0. The van der Waals surface area contributed by atoms with Crippen LogP contribution in [0.4, 0.5) is 0 Å². The molecule has 3 aromatic rings. The van der Waals surface area contributed by atoms with E-state index < -0.39 is 0 Å². The highest BCUT2D eigenvalue weighted by Gasteiger charge is 2.37. The predicted octanol–water partition coefficient (Wildman–Crippen LogP) is 3.66. The van der Waals surface area contributed by atoms with Crippen LogP contribution in [-0.4, -0.2) is 76.8 Å². The van der Waals surface area contributed by atoms with Gasteiger partial charge in [0.2, 0.25) is 0 Å². The van der Waals surface area contributed by atoms with Gasteiger partial charge in [-0.2, -0.15) is 0 Å². The normalized spacial score (nSPS) is 16.9. The van der Waals surface area contributed by atoms with Gasteiger partial charge in [-0.15, -0.1) is 11.3 Å². The minimum absolute atomic E-state index is 0.00771. The molecule has 0 saturated carbocycles. The van der Waals surface area contributed by atoms with Gasteiger partial charge in [-0.25, -0.2) is 4.98 Å². The van der Waals surface area contributed by atoms with E-state index >= 15 is 0 Å². The quantitative estimate of drug-likeness (QED) is 0.521. The molecule has 1 aromatic heterocycles. The lowest BCUT2D eigenvalue weighted by Crippen LogP contribution is -2.64. The van der Waals surface area contributed by atoms with Gasteiger partial charge in [-0.3, -0.25) is 14.5 Å². The number of carbonyl (C=O) groups is 2. The van der Waals surface area contributed by atoms with Gasteiger partial charge in [0.15, 0.2) is 0 Å². The van der Waals surface area contributed by atoms with Gasteiger partial charge in [-0.05, 0) is 42.0 Å². The molecule has 0 bridgehead atoms. The summed E-state index contributed by atoms with van der Waals surface area (Å²) < 4.78 is 5.76. The van der Waals surface area contributed by atoms with Gasteiger partial charge in [0, 0.05) is 61.3 Å². The monoisotopic (exact) mass is 496 g/mol. The molecular weight excluding hydrogens is 472 g/mol. The van der Waals surface area contributed by atoms with Gasteiger partial charge < -0.3 is 14.5 Å². The summed E-state index contributed by atoms with van der Waals surface area (Å²) >= 11 is 7.33. The number of benzene rings is 2. The summed E-state index contributed by atoms with van der Waals surface area (Å²) in [6.45, 7) is 4.91. The molecule has 2 saturated heterocycles. The van der Waals surface area contributed by atoms with Crippen LogP contribution >= 0.6 is 22.9 Å². The van der Waals surface area contributed by atoms with E-state index in [-0.39, 0.29) is 11.8 Å². The molecule has 2 aromatic carbocycles. The van der Waals surface area contributed by atoms with Crippen LogP contribution in [0.5, 0.6) is 5.75 Å². The molecule has 0 unspecified atom stereocenters. The van der Waals surface area contributed by atoms with Crippen molar-refractivity contribution >= 4 is 34.8 Å². The lowest BCUT2D eigenvalue weighted by Gasteiger charge is -2.48. The molecule has 0 N–H and O–H groups in total. The van der Waals surface area contributed by atoms with Crippen molar-refractivity contribution in [3.05, 3.63) is 81.3 Å². The fourth-order valence-electron chi connectivity index (χ4n) is 4.25. The first-order valence-corrected chi connectivity index (χ1v) is 12.6. The number of nitrogens with zero attached hydrogens (tertiary/aromatic N) is 4. The third-order valence-electron chi connectivity index (χ3n) is 6.34. The van der Waals surface area contributed by atoms with E-state index in [1.807, 2.05) is 46.2 Å². The first kappa shape index (κ1) is 22.8. The second kappa shape index (κ2) is 10.1. The topological polar surface area (TPSA) is 66.0 Å². The molecule has 2 fully saturated rings. The average Bonchev–Trinajstić information content (AvgIpc) is 3.38. The molecule has 2 aliphatic heterocycles. The zero-order valence-electron chi connectivity index (χ0n) is 18.6. The zero-order valence-corrected chi connectivity index (χ0v) is 20.2. The Morgan fingerprint density at radius 2 is 1.65 bits per heavy atom. The molecule has 3 heterocycles. The van der Waals surface area contributed by atoms with Crippen molar-refractivity contribution in [2.75, 3.05) is 39.3 Å². The van der Waals surface area contributed by atoms with Crippen LogP contribution < -0.4 is 4.74 Å². The minimum atomic E-state index is 0.00771. The number of rotatable bonds is 6. The van der Waals surface area contributed by atoms with Crippen molar-refractivity contribution in [1.82, 2.24) is 19.7 Å². The van der Waals surface area contributed by atoms with E-state index in [9.17, 15) is 9.59 Å². The van der Waals surface area contributed by atoms with Gasteiger partial charge in [-0.1, -0.05) is 23.7 Å². The molecule has 9 heteroatoms. The van der Waals surface area contributed by atoms with E-state index in [0.717, 1.165) is 37.5 Å². The molecule has 0 atom stereocenters. The fourth-order valence-corrected chi connectivity index (χ4v) is 4.90. The third-order valence-corrected chi connectivity index (χ3v) is 7.18. The van der Waals surface area contributed by atoms with Crippen molar-refractivity contribution in [2.45, 2.75) is 12.6 Å². The molecule has 2 aliphatic rings. The van der Waals surface area contributed by atoms with Gasteiger partial charge in [0.1, 0.15) is 18.1 Å². The first-order valence-electron chi connectivity index (χ1n) is 11.2. The molecule has 0 spiro atoms. The molecule has 7 nitrogen and oxygen atoms in total. The lowest BCUT2D eigenvalue weighted by molar-refractivity contribution is 0.00844. The summed E-state index contributed by atoms with van der Waals surface area (Å²) in [6.07, 6.45) is 0. The number of piperazine rings is 1. The van der Waals surface area contributed by atoms with Crippen LogP contribution in [-0.2, 0) is 6.61 Å². The maximum Gasteiger partial charge on any atom is 0.273 e.